The molecule has 0 radical (unpaired) electrons. The molecule has 0 amide bonds. The molecule has 1 rings (SSSR count). The van der Waals surface area contributed by atoms with Crippen LogP contribution in [0.15, 0.2) is 24.3 Å². The van der Waals surface area contributed by atoms with E-state index in [-0.39, 0.29) is 5.97 Å². The molecule has 0 unspecified atom stereocenters. The van der Waals surface area contributed by atoms with Crippen molar-refractivity contribution in [1.82, 2.24) is 4.90 Å². The minimum Gasteiger partial charge on any atom is -0.466 e. The van der Waals surface area contributed by atoms with Gasteiger partial charge in [0.05, 0.1) is 6.61 Å². The van der Waals surface area contributed by atoms with Gasteiger partial charge in [-0.15, -0.1) is 0 Å². The van der Waals surface area contributed by atoms with Crippen LogP contribution in [0.25, 0.3) is 0 Å². The molecule has 0 fully saturated rings. The van der Waals surface area contributed by atoms with Crippen molar-refractivity contribution in [2.75, 3.05) is 25.4 Å². The van der Waals surface area contributed by atoms with Crippen LogP contribution in [0.4, 0.5) is 5.69 Å². The van der Waals surface area contributed by atoms with Crippen LogP contribution in [0.2, 0.25) is 0 Å². The molecule has 0 aliphatic rings. The average molecular weight is 292 g/mol. The van der Waals surface area contributed by atoms with Gasteiger partial charge < -0.3 is 10.5 Å². The smallest absolute Gasteiger partial charge is 0.305 e. The maximum absolute atomic E-state index is 11.2. The highest BCUT2D eigenvalue weighted by Gasteiger charge is 2.06. The fraction of sp³-hybridized carbons (Fsp3) is 0.588. The summed E-state index contributed by atoms with van der Waals surface area (Å²) in [4.78, 5) is 13.6. The van der Waals surface area contributed by atoms with Gasteiger partial charge in [-0.05, 0) is 44.5 Å². The Bertz CT molecular complexity index is 421. The van der Waals surface area contributed by atoms with Crippen LogP contribution < -0.4 is 5.73 Å². The number of carbonyl (C=O) groups is 1. The number of unbranched alkanes of at least 4 members (excludes halogenated alkanes) is 2. The number of carbonyl (C=O) groups excluding carboxylic acids is 1. The number of benzene rings is 1. The second-order valence-electron chi connectivity index (χ2n) is 5.18. The molecule has 4 heteroatoms. The lowest BCUT2D eigenvalue weighted by Crippen LogP contribution is -2.24. The van der Waals surface area contributed by atoms with Crippen LogP contribution in [0.1, 0.15) is 45.1 Å². The molecular formula is C17H28N2O2. The number of nitrogen functional groups attached to an aromatic ring is 1. The van der Waals surface area contributed by atoms with Crippen LogP contribution >= 0.6 is 0 Å². The maximum atomic E-state index is 11.2. The standard InChI is InChI=1S/C17H28N2O2/c1-3-19(14-15-10-7-8-11-16(15)18)13-9-5-6-12-17(20)21-4-2/h7-8,10-11H,3-6,9,12-14,18H2,1-2H3. The molecule has 1 aromatic rings. The number of nitrogens with zero attached hydrogens (tertiary/aromatic N) is 1. The molecule has 0 bridgehead atoms. The Morgan fingerprint density at radius 1 is 1.19 bits per heavy atom. The Morgan fingerprint density at radius 2 is 1.95 bits per heavy atom. The molecular weight excluding hydrogens is 264 g/mol. The van der Waals surface area contributed by atoms with E-state index in [2.05, 4.69) is 17.9 Å². The lowest BCUT2D eigenvalue weighted by atomic mass is 10.1. The Kier molecular flexibility index (Phi) is 8.51. The lowest BCUT2D eigenvalue weighted by Gasteiger charge is -2.21. The van der Waals surface area contributed by atoms with Gasteiger partial charge in [0.15, 0.2) is 0 Å². The van der Waals surface area contributed by atoms with Crippen LogP contribution in [0.3, 0.4) is 0 Å². The Balaban J connectivity index is 2.23. The van der Waals surface area contributed by atoms with Crippen molar-refractivity contribution in [2.24, 2.45) is 0 Å². The van der Waals surface area contributed by atoms with Gasteiger partial charge in [0, 0.05) is 18.7 Å². The van der Waals surface area contributed by atoms with Gasteiger partial charge in [-0.25, -0.2) is 0 Å². The van der Waals surface area contributed by atoms with E-state index < -0.39 is 0 Å². The highest BCUT2D eigenvalue weighted by atomic mass is 16.5. The molecule has 0 aliphatic carbocycles. The number of ether oxygens (including phenoxy) is 1. The largest absolute Gasteiger partial charge is 0.466 e. The number of hydrogen-bond acceptors (Lipinski definition) is 4. The normalized spacial score (nSPS) is 10.8. The number of nitrogens with two attached hydrogens (primary N) is 1. The van der Waals surface area contributed by atoms with Crippen molar-refractivity contribution < 1.29 is 9.53 Å². The number of anilines is 1. The first-order valence-corrected chi connectivity index (χ1v) is 7.88. The molecule has 118 valence electrons. The summed E-state index contributed by atoms with van der Waals surface area (Å²) in [7, 11) is 0. The summed E-state index contributed by atoms with van der Waals surface area (Å²) in [6.07, 6.45) is 3.59. The van der Waals surface area contributed by atoms with Gasteiger partial charge in [0.1, 0.15) is 0 Å². The van der Waals surface area contributed by atoms with Gasteiger partial charge >= 0.3 is 5.97 Å². The van der Waals surface area contributed by atoms with Gasteiger partial charge in [0.2, 0.25) is 0 Å². The molecule has 4 nitrogen and oxygen atoms in total. The first kappa shape index (κ1) is 17.5. The fourth-order valence-electron chi connectivity index (χ4n) is 2.28. The summed E-state index contributed by atoms with van der Waals surface area (Å²) in [5.74, 6) is -0.0816. The first-order valence-electron chi connectivity index (χ1n) is 7.88. The van der Waals surface area contributed by atoms with Crippen molar-refractivity contribution in [2.45, 2.75) is 46.1 Å². The molecule has 0 heterocycles. The molecule has 0 aliphatic heterocycles. The topological polar surface area (TPSA) is 55.6 Å². The summed E-state index contributed by atoms with van der Waals surface area (Å²) in [5.41, 5.74) is 8.03. The zero-order valence-electron chi connectivity index (χ0n) is 13.3. The fourth-order valence-corrected chi connectivity index (χ4v) is 2.28. The van der Waals surface area contributed by atoms with E-state index in [9.17, 15) is 4.79 Å². The summed E-state index contributed by atoms with van der Waals surface area (Å²) in [6.45, 7) is 7.41. The predicted octanol–water partition coefficient (Wildman–Crippen LogP) is 3.21. The first-order chi connectivity index (χ1) is 10.2. The van der Waals surface area contributed by atoms with E-state index in [1.807, 2.05) is 25.1 Å². The van der Waals surface area contributed by atoms with E-state index in [0.717, 1.165) is 44.6 Å². The van der Waals surface area contributed by atoms with Crippen LogP contribution in [-0.2, 0) is 16.1 Å². The third kappa shape index (κ3) is 7.14. The second kappa shape index (κ2) is 10.2. The molecule has 21 heavy (non-hydrogen) atoms. The van der Waals surface area contributed by atoms with Crippen molar-refractivity contribution >= 4 is 11.7 Å². The van der Waals surface area contributed by atoms with Gasteiger partial charge in [0.25, 0.3) is 0 Å². The summed E-state index contributed by atoms with van der Waals surface area (Å²) in [5, 5.41) is 0. The van der Waals surface area contributed by atoms with E-state index >= 15 is 0 Å². The van der Waals surface area contributed by atoms with Crippen LogP contribution in [0.5, 0.6) is 0 Å². The SMILES string of the molecule is CCOC(=O)CCCCCN(CC)Cc1ccccc1N. The zero-order valence-corrected chi connectivity index (χ0v) is 13.3. The molecule has 0 saturated carbocycles. The molecule has 1 aromatic carbocycles. The minimum atomic E-state index is -0.0816. The molecule has 0 spiro atoms. The highest BCUT2D eigenvalue weighted by molar-refractivity contribution is 5.69. The van der Waals surface area contributed by atoms with Gasteiger partial charge in [-0.2, -0.15) is 0 Å². The lowest BCUT2D eigenvalue weighted by molar-refractivity contribution is -0.143. The Morgan fingerprint density at radius 3 is 2.62 bits per heavy atom. The molecule has 0 aromatic heterocycles. The average Bonchev–Trinajstić information content (AvgIpc) is 2.48. The molecule has 2 N–H and O–H groups in total. The van der Waals surface area contributed by atoms with Crippen molar-refractivity contribution in [3.63, 3.8) is 0 Å². The Labute approximate surface area is 128 Å². The minimum absolute atomic E-state index is 0.0816. The van der Waals surface area contributed by atoms with Gasteiger partial charge in [-0.1, -0.05) is 31.5 Å². The summed E-state index contributed by atoms with van der Waals surface area (Å²) in [6, 6.07) is 8.02. The summed E-state index contributed by atoms with van der Waals surface area (Å²) >= 11 is 0. The quantitative estimate of drug-likeness (QED) is 0.409. The van der Waals surface area contributed by atoms with Crippen molar-refractivity contribution in [3.05, 3.63) is 29.8 Å². The number of para-hydroxylation sites is 1. The van der Waals surface area contributed by atoms with Crippen molar-refractivity contribution in [1.29, 1.82) is 0 Å². The summed E-state index contributed by atoms with van der Waals surface area (Å²) < 4.78 is 4.92. The Hall–Kier alpha value is -1.55. The third-order valence-corrected chi connectivity index (χ3v) is 3.56. The van der Waals surface area contributed by atoms with E-state index in [1.54, 1.807) is 0 Å². The zero-order chi connectivity index (χ0) is 15.5. The van der Waals surface area contributed by atoms with E-state index in [0.29, 0.717) is 13.0 Å². The van der Waals surface area contributed by atoms with Gasteiger partial charge in [-0.3, -0.25) is 9.69 Å². The van der Waals surface area contributed by atoms with Crippen LogP contribution in [0, 0.1) is 0 Å². The predicted molar refractivity (Wildman–Crippen MR) is 86.9 cm³/mol. The second-order valence-corrected chi connectivity index (χ2v) is 5.18. The maximum Gasteiger partial charge on any atom is 0.305 e. The highest BCUT2D eigenvalue weighted by Crippen LogP contribution is 2.14. The van der Waals surface area contributed by atoms with Crippen molar-refractivity contribution in [3.8, 4) is 0 Å². The van der Waals surface area contributed by atoms with Crippen LogP contribution in [-0.4, -0.2) is 30.6 Å². The third-order valence-electron chi connectivity index (χ3n) is 3.56. The monoisotopic (exact) mass is 292 g/mol. The molecule has 0 saturated heterocycles. The molecule has 0 atom stereocenters. The number of rotatable bonds is 10. The van der Waals surface area contributed by atoms with E-state index in [1.165, 1.54) is 5.56 Å². The number of hydrogen-bond donors (Lipinski definition) is 1. The van der Waals surface area contributed by atoms with E-state index in [4.69, 9.17) is 10.5 Å². The number of esters is 1.